The molecule has 3 nitrogen and oxygen atoms in total. The summed E-state index contributed by atoms with van der Waals surface area (Å²) in [4.78, 5) is 2.46. The zero-order chi connectivity index (χ0) is 12.3. The van der Waals surface area contributed by atoms with Gasteiger partial charge in [0.05, 0.1) is 6.61 Å². The average molecular weight is 240 g/mol. The van der Waals surface area contributed by atoms with Gasteiger partial charge in [-0.25, -0.2) is 0 Å². The van der Waals surface area contributed by atoms with Crippen molar-refractivity contribution in [2.45, 2.75) is 38.1 Å². The van der Waals surface area contributed by atoms with E-state index in [0.717, 1.165) is 18.4 Å². The van der Waals surface area contributed by atoms with Gasteiger partial charge in [-0.1, -0.05) is 0 Å². The van der Waals surface area contributed by atoms with Crippen LogP contribution in [-0.2, 0) is 4.74 Å². The van der Waals surface area contributed by atoms with Crippen molar-refractivity contribution in [1.29, 1.82) is 0 Å². The minimum atomic E-state index is 0.227. The van der Waals surface area contributed by atoms with Crippen LogP contribution in [0.15, 0.2) is 0 Å². The molecular formula is C14H28N2O. The number of nitrogens with one attached hydrogen (secondary N) is 1. The summed E-state index contributed by atoms with van der Waals surface area (Å²) < 4.78 is 5.31. The summed E-state index contributed by atoms with van der Waals surface area (Å²) in [6, 6.07) is 0. The maximum Gasteiger partial charge on any atom is 0.0641 e. The number of methoxy groups -OCH3 is 1. The molecule has 2 fully saturated rings. The first-order valence-electron chi connectivity index (χ1n) is 7.04. The van der Waals surface area contributed by atoms with Crippen LogP contribution in [0.5, 0.6) is 0 Å². The SMILES string of the molecule is COCC1(C)CC(CC2CCN(C)CC2)CN1. The van der Waals surface area contributed by atoms with Gasteiger partial charge in [-0.2, -0.15) is 0 Å². The van der Waals surface area contributed by atoms with Crippen LogP contribution in [0.25, 0.3) is 0 Å². The lowest BCUT2D eigenvalue weighted by atomic mass is 9.84. The van der Waals surface area contributed by atoms with Gasteiger partial charge in [0.1, 0.15) is 0 Å². The van der Waals surface area contributed by atoms with Crippen LogP contribution in [0.4, 0.5) is 0 Å². The number of rotatable bonds is 4. The summed E-state index contributed by atoms with van der Waals surface area (Å²) in [5.41, 5.74) is 0.227. The molecule has 3 heteroatoms. The first-order chi connectivity index (χ1) is 8.11. The topological polar surface area (TPSA) is 24.5 Å². The Kier molecular flexibility index (Phi) is 4.45. The summed E-state index contributed by atoms with van der Waals surface area (Å²) in [6.45, 7) is 6.91. The van der Waals surface area contributed by atoms with Crippen molar-refractivity contribution in [2.24, 2.45) is 11.8 Å². The Labute approximate surface area is 106 Å². The highest BCUT2D eigenvalue weighted by molar-refractivity contribution is 4.94. The zero-order valence-corrected chi connectivity index (χ0v) is 11.7. The lowest BCUT2D eigenvalue weighted by Crippen LogP contribution is -2.40. The van der Waals surface area contributed by atoms with E-state index in [1.165, 1.54) is 45.3 Å². The first kappa shape index (κ1) is 13.3. The minimum absolute atomic E-state index is 0.227. The Balaban J connectivity index is 1.74. The van der Waals surface area contributed by atoms with Gasteiger partial charge in [0.15, 0.2) is 0 Å². The lowest BCUT2D eigenvalue weighted by Gasteiger charge is -2.30. The van der Waals surface area contributed by atoms with E-state index in [4.69, 9.17) is 4.74 Å². The molecule has 0 radical (unpaired) electrons. The first-order valence-corrected chi connectivity index (χ1v) is 7.04. The van der Waals surface area contributed by atoms with Crippen molar-refractivity contribution in [2.75, 3.05) is 40.4 Å². The fraction of sp³-hybridized carbons (Fsp3) is 1.00. The van der Waals surface area contributed by atoms with E-state index in [-0.39, 0.29) is 5.54 Å². The Bertz CT molecular complexity index is 238. The lowest BCUT2D eigenvalue weighted by molar-refractivity contribution is 0.126. The molecule has 0 saturated carbocycles. The van der Waals surface area contributed by atoms with E-state index in [0.29, 0.717) is 0 Å². The van der Waals surface area contributed by atoms with E-state index in [1.807, 2.05) is 0 Å². The smallest absolute Gasteiger partial charge is 0.0641 e. The monoisotopic (exact) mass is 240 g/mol. The van der Waals surface area contributed by atoms with Gasteiger partial charge in [-0.3, -0.25) is 0 Å². The summed E-state index contributed by atoms with van der Waals surface area (Å²) in [5.74, 6) is 1.83. The summed E-state index contributed by atoms with van der Waals surface area (Å²) in [6.07, 6.45) is 5.50. The molecular weight excluding hydrogens is 212 g/mol. The van der Waals surface area contributed by atoms with Crippen LogP contribution < -0.4 is 5.32 Å². The van der Waals surface area contributed by atoms with Gasteiger partial charge < -0.3 is 15.0 Å². The summed E-state index contributed by atoms with van der Waals surface area (Å²) >= 11 is 0. The fourth-order valence-electron chi connectivity index (χ4n) is 3.54. The third-order valence-electron chi connectivity index (χ3n) is 4.52. The van der Waals surface area contributed by atoms with E-state index in [1.54, 1.807) is 7.11 Å². The number of hydrogen-bond acceptors (Lipinski definition) is 3. The Morgan fingerprint density at radius 1 is 1.29 bits per heavy atom. The second-order valence-electron chi connectivity index (χ2n) is 6.43. The highest BCUT2D eigenvalue weighted by atomic mass is 16.5. The average Bonchev–Trinajstić information content (AvgIpc) is 2.64. The molecule has 2 rings (SSSR count). The number of hydrogen-bond donors (Lipinski definition) is 1. The second-order valence-corrected chi connectivity index (χ2v) is 6.43. The van der Waals surface area contributed by atoms with E-state index in [2.05, 4.69) is 24.2 Å². The number of likely N-dealkylation sites (tertiary alicyclic amines) is 1. The van der Waals surface area contributed by atoms with Gasteiger partial charge >= 0.3 is 0 Å². The quantitative estimate of drug-likeness (QED) is 0.810. The molecule has 0 aromatic carbocycles. The van der Waals surface area contributed by atoms with Crippen LogP contribution in [-0.4, -0.2) is 50.8 Å². The van der Waals surface area contributed by atoms with E-state index < -0.39 is 0 Å². The molecule has 0 aromatic heterocycles. The number of ether oxygens (including phenoxy) is 1. The molecule has 2 atom stereocenters. The van der Waals surface area contributed by atoms with E-state index >= 15 is 0 Å². The Morgan fingerprint density at radius 3 is 2.65 bits per heavy atom. The maximum atomic E-state index is 5.31. The molecule has 0 spiro atoms. The molecule has 2 heterocycles. The highest BCUT2D eigenvalue weighted by Gasteiger charge is 2.35. The van der Waals surface area contributed by atoms with Crippen molar-refractivity contribution in [3.8, 4) is 0 Å². The van der Waals surface area contributed by atoms with Gasteiger partial charge in [0.2, 0.25) is 0 Å². The molecule has 2 aliphatic heterocycles. The minimum Gasteiger partial charge on any atom is -0.383 e. The highest BCUT2D eigenvalue weighted by Crippen LogP contribution is 2.32. The molecule has 2 saturated heterocycles. The fourth-order valence-corrected chi connectivity index (χ4v) is 3.54. The van der Waals surface area contributed by atoms with Crippen molar-refractivity contribution < 1.29 is 4.74 Å². The molecule has 2 unspecified atom stereocenters. The van der Waals surface area contributed by atoms with Crippen molar-refractivity contribution in [3.63, 3.8) is 0 Å². The molecule has 100 valence electrons. The Morgan fingerprint density at radius 2 is 2.00 bits per heavy atom. The Hall–Kier alpha value is -0.120. The predicted octanol–water partition coefficient (Wildman–Crippen LogP) is 1.73. The number of nitrogens with zero attached hydrogens (tertiary/aromatic N) is 1. The van der Waals surface area contributed by atoms with Crippen molar-refractivity contribution in [1.82, 2.24) is 10.2 Å². The molecule has 0 amide bonds. The molecule has 0 bridgehead atoms. The molecule has 1 N–H and O–H groups in total. The summed E-state index contributed by atoms with van der Waals surface area (Å²) in [7, 11) is 4.04. The molecule has 0 aromatic rings. The van der Waals surface area contributed by atoms with Gasteiger partial charge in [-0.05, 0) is 71.1 Å². The third kappa shape index (κ3) is 3.67. The van der Waals surface area contributed by atoms with Crippen LogP contribution in [0.1, 0.15) is 32.6 Å². The second kappa shape index (κ2) is 5.68. The van der Waals surface area contributed by atoms with Crippen molar-refractivity contribution in [3.05, 3.63) is 0 Å². The van der Waals surface area contributed by atoms with E-state index in [9.17, 15) is 0 Å². The normalized spacial score (nSPS) is 36.5. The zero-order valence-electron chi connectivity index (χ0n) is 11.7. The van der Waals surface area contributed by atoms with Crippen LogP contribution >= 0.6 is 0 Å². The maximum absolute atomic E-state index is 5.31. The van der Waals surface area contributed by atoms with Gasteiger partial charge in [-0.15, -0.1) is 0 Å². The molecule has 2 aliphatic rings. The number of piperidine rings is 1. The molecule has 17 heavy (non-hydrogen) atoms. The molecule has 0 aliphatic carbocycles. The largest absolute Gasteiger partial charge is 0.383 e. The van der Waals surface area contributed by atoms with Crippen LogP contribution in [0.3, 0.4) is 0 Å². The third-order valence-corrected chi connectivity index (χ3v) is 4.52. The van der Waals surface area contributed by atoms with Crippen LogP contribution in [0, 0.1) is 11.8 Å². The summed E-state index contributed by atoms with van der Waals surface area (Å²) in [5, 5.41) is 3.65. The van der Waals surface area contributed by atoms with Gasteiger partial charge in [0, 0.05) is 12.6 Å². The predicted molar refractivity (Wildman–Crippen MR) is 71.2 cm³/mol. The van der Waals surface area contributed by atoms with Crippen LogP contribution in [0.2, 0.25) is 0 Å². The van der Waals surface area contributed by atoms with Gasteiger partial charge in [0.25, 0.3) is 0 Å². The van der Waals surface area contributed by atoms with Crippen molar-refractivity contribution >= 4 is 0 Å². The standard InChI is InChI=1S/C14H28N2O/c1-14(11-17-3)9-13(10-15-14)8-12-4-6-16(2)7-5-12/h12-13,15H,4-11H2,1-3H3.